The summed E-state index contributed by atoms with van der Waals surface area (Å²) in [5.41, 5.74) is 5.29. The number of rotatable bonds is 4. The molecule has 0 saturated carbocycles. The van der Waals surface area contributed by atoms with Crippen molar-refractivity contribution in [2.75, 3.05) is 12.3 Å². The molecule has 0 fully saturated rings. The van der Waals surface area contributed by atoms with Crippen LogP contribution < -0.4 is 15.2 Å². The van der Waals surface area contributed by atoms with Crippen LogP contribution in [0.25, 0.3) is 0 Å². The zero-order valence-corrected chi connectivity index (χ0v) is 10.2. The lowest BCUT2D eigenvalue weighted by molar-refractivity contribution is -0.299. The molecule has 0 spiro atoms. The van der Waals surface area contributed by atoms with E-state index in [1.165, 1.54) is 6.07 Å². The lowest BCUT2D eigenvalue weighted by Crippen LogP contribution is -2.46. The highest BCUT2D eigenvalue weighted by molar-refractivity contribution is 5.50. The van der Waals surface area contributed by atoms with Crippen LogP contribution in [0, 0.1) is 0 Å². The van der Waals surface area contributed by atoms with Gasteiger partial charge in [-0.15, -0.1) is 0 Å². The van der Waals surface area contributed by atoms with Crippen molar-refractivity contribution in [1.29, 1.82) is 0 Å². The molecule has 0 aliphatic carbocycles. The summed E-state index contributed by atoms with van der Waals surface area (Å²) < 4.78 is 83.0. The largest absolute Gasteiger partial charge is 0.494 e. The monoisotopic (exact) mass is 303 g/mol. The Morgan fingerprint density at radius 3 is 1.95 bits per heavy atom. The van der Waals surface area contributed by atoms with Crippen LogP contribution in [0.15, 0.2) is 18.2 Å². The average Bonchev–Trinajstić information content (AvgIpc) is 2.22. The standard InChI is InChI=1S/C11H11F6NO2/c1-2-19-7-3-6(18)4-8(5-7)20-9(10(12,13)14)11(15,16)17/h3-5,9H,2,18H2,1H3. The van der Waals surface area contributed by atoms with Crippen LogP contribution in [0.1, 0.15) is 6.92 Å². The first-order chi connectivity index (χ1) is 9.04. The summed E-state index contributed by atoms with van der Waals surface area (Å²) in [6.45, 7) is 1.77. The minimum atomic E-state index is -5.59. The van der Waals surface area contributed by atoms with E-state index in [-0.39, 0.29) is 18.0 Å². The van der Waals surface area contributed by atoms with Gasteiger partial charge < -0.3 is 15.2 Å². The molecule has 2 N–H and O–H groups in total. The van der Waals surface area contributed by atoms with E-state index in [4.69, 9.17) is 10.5 Å². The Morgan fingerprint density at radius 1 is 1.00 bits per heavy atom. The Kier molecular flexibility index (Phi) is 4.61. The number of benzene rings is 1. The molecule has 1 aromatic carbocycles. The molecule has 0 radical (unpaired) electrons. The maximum atomic E-state index is 12.3. The molecular formula is C11H11F6NO2. The van der Waals surface area contributed by atoms with Crippen LogP contribution in [0.4, 0.5) is 32.0 Å². The minimum absolute atomic E-state index is 0.0191. The van der Waals surface area contributed by atoms with E-state index in [1.54, 1.807) is 6.92 Å². The van der Waals surface area contributed by atoms with Gasteiger partial charge in [0, 0.05) is 23.9 Å². The van der Waals surface area contributed by atoms with Crippen LogP contribution in [0.5, 0.6) is 11.5 Å². The number of halogens is 6. The predicted molar refractivity (Wildman–Crippen MR) is 58.5 cm³/mol. The zero-order chi connectivity index (χ0) is 15.6. The summed E-state index contributed by atoms with van der Waals surface area (Å²) in [5, 5.41) is 0. The van der Waals surface area contributed by atoms with Crippen molar-refractivity contribution >= 4 is 5.69 Å². The van der Waals surface area contributed by atoms with Gasteiger partial charge in [0.15, 0.2) is 0 Å². The molecule has 1 rings (SSSR count). The van der Waals surface area contributed by atoms with E-state index in [0.29, 0.717) is 0 Å². The van der Waals surface area contributed by atoms with Crippen molar-refractivity contribution in [1.82, 2.24) is 0 Å². The summed E-state index contributed by atoms with van der Waals surface area (Å²) in [5.74, 6) is -0.654. The van der Waals surface area contributed by atoms with E-state index < -0.39 is 24.2 Å². The SMILES string of the molecule is CCOc1cc(N)cc(OC(C(F)(F)F)C(F)(F)F)c1. The summed E-state index contributed by atoms with van der Waals surface area (Å²) in [4.78, 5) is 0. The smallest absolute Gasteiger partial charge is 0.434 e. The quantitative estimate of drug-likeness (QED) is 0.683. The van der Waals surface area contributed by atoms with Crippen molar-refractivity contribution in [2.45, 2.75) is 25.4 Å². The van der Waals surface area contributed by atoms with Gasteiger partial charge in [0.05, 0.1) is 6.61 Å². The topological polar surface area (TPSA) is 44.5 Å². The maximum Gasteiger partial charge on any atom is 0.434 e. The van der Waals surface area contributed by atoms with Crippen LogP contribution in [0.3, 0.4) is 0 Å². The lowest BCUT2D eigenvalue weighted by atomic mass is 10.2. The van der Waals surface area contributed by atoms with Gasteiger partial charge in [-0.25, -0.2) is 0 Å². The first kappa shape index (κ1) is 16.3. The number of anilines is 1. The van der Waals surface area contributed by atoms with E-state index in [0.717, 1.165) is 12.1 Å². The average molecular weight is 303 g/mol. The summed E-state index contributed by atoms with van der Waals surface area (Å²) >= 11 is 0. The number of hydrogen-bond donors (Lipinski definition) is 1. The van der Waals surface area contributed by atoms with Crippen molar-refractivity contribution < 1.29 is 35.8 Å². The van der Waals surface area contributed by atoms with Crippen LogP contribution in [-0.4, -0.2) is 25.1 Å². The first-order valence-electron chi connectivity index (χ1n) is 5.37. The predicted octanol–water partition coefficient (Wildman–Crippen LogP) is 3.54. The fourth-order valence-corrected chi connectivity index (χ4v) is 1.37. The van der Waals surface area contributed by atoms with Gasteiger partial charge in [0.25, 0.3) is 6.10 Å². The molecule has 0 unspecified atom stereocenters. The Morgan fingerprint density at radius 2 is 1.50 bits per heavy atom. The minimum Gasteiger partial charge on any atom is -0.494 e. The van der Waals surface area contributed by atoms with Crippen LogP contribution >= 0.6 is 0 Å². The molecule has 0 aliphatic heterocycles. The molecule has 1 aromatic rings. The van der Waals surface area contributed by atoms with E-state index >= 15 is 0 Å². The van der Waals surface area contributed by atoms with Gasteiger partial charge in [0.1, 0.15) is 11.5 Å². The highest BCUT2D eigenvalue weighted by atomic mass is 19.4. The normalized spacial score (nSPS) is 12.6. The second kappa shape index (κ2) is 5.68. The van der Waals surface area contributed by atoms with Gasteiger partial charge >= 0.3 is 12.4 Å². The zero-order valence-electron chi connectivity index (χ0n) is 10.2. The molecule has 3 nitrogen and oxygen atoms in total. The summed E-state index contributed by atoms with van der Waals surface area (Å²) in [6.07, 6.45) is -15.1. The van der Waals surface area contributed by atoms with Crippen molar-refractivity contribution in [3.05, 3.63) is 18.2 Å². The third kappa shape index (κ3) is 4.39. The van der Waals surface area contributed by atoms with Crippen molar-refractivity contribution in [2.24, 2.45) is 0 Å². The van der Waals surface area contributed by atoms with E-state index in [2.05, 4.69) is 4.74 Å². The highest BCUT2D eigenvalue weighted by Crippen LogP contribution is 2.37. The second-order valence-electron chi connectivity index (χ2n) is 3.75. The number of ether oxygens (including phenoxy) is 2. The molecule has 0 heterocycles. The number of nitrogens with two attached hydrogens (primary N) is 1. The number of nitrogen functional groups attached to an aromatic ring is 1. The fourth-order valence-electron chi connectivity index (χ4n) is 1.37. The van der Waals surface area contributed by atoms with E-state index in [1.807, 2.05) is 0 Å². The Labute approximate surface area is 110 Å². The third-order valence-electron chi connectivity index (χ3n) is 2.06. The molecule has 0 saturated heterocycles. The second-order valence-corrected chi connectivity index (χ2v) is 3.75. The molecule has 0 aromatic heterocycles. The molecule has 0 atom stereocenters. The van der Waals surface area contributed by atoms with Crippen LogP contribution in [0.2, 0.25) is 0 Å². The summed E-state index contributed by atoms with van der Waals surface area (Å²) in [6, 6.07) is 3.02. The Balaban J connectivity index is 3.05. The van der Waals surface area contributed by atoms with Gasteiger partial charge in [0.2, 0.25) is 0 Å². The fraction of sp³-hybridized carbons (Fsp3) is 0.455. The van der Waals surface area contributed by atoms with Crippen molar-refractivity contribution in [3.8, 4) is 11.5 Å². The molecule has 114 valence electrons. The Hall–Kier alpha value is -1.80. The lowest BCUT2D eigenvalue weighted by Gasteiger charge is -2.24. The molecule has 0 amide bonds. The third-order valence-corrected chi connectivity index (χ3v) is 2.06. The van der Waals surface area contributed by atoms with Gasteiger partial charge in [-0.2, -0.15) is 26.3 Å². The number of alkyl halides is 6. The summed E-state index contributed by atoms with van der Waals surface area (Å²) in [7, 11) is 0. The van der Waals surface area contributed by atoms with Crippen molar-refractivity contribution in [3.63, 3.8) is 0 Å². The molecular weight excluding hydrogens is 292 g/mol. The van der Waals surface area contributed by atoms with Gasteiger partial charge in [-0.1, -0.05) is 0 Å². The van der Waals surface area contributed by atoms with E-state index in [9.17, 15) is 26.3 Å². The molecule has 20 heavy (non-hydrogen) atoms. The maximum absolute atomic E-state index is 12.3. The molecule has 0 bridgehead atoms. The number of hydrogen-bond acceptors (Lipinski definition) is 3. The van der Waals surface area contributed by atoms with Gasteiger partial charge in [-0.05, 0) is 6.92 Å². The first-order valence-corrected chi connectivity index (χ1v) is 5.37. The van der Waals surface area contributed by atoms with Gasteiger partial charge in [-0.3, -0.25) is 0 Å². The molecule has 0 aliphatic rings. The Bertz CT molecular complexity index is 443. The molecule has 9 heteroatoms. The highest BCUT2D eigenvalue weighted by Gasteiger charge is 2.59. The van der Waals surface area contributed by atoms with Crippen LogP contribution in [-0.2, 0) is 0 Å².